The van der Waals surface area contributed by atoms with Crippen LogP contribution in [0.25, 0.3) is 0 Å². The Morgan fingerprint density at radius 1 is 1.31 bits per heavy atom. The third-order valence-corrected chi connectivity index (χ3v) is 1.45. The number of allylic oxidation sites excluding steroid dienone is 4. The molecule has 0 aromatic heterocycles. The van der Waals surface area contributed by atoms with Crippen molar-refractivity contribution in [2.75, 3.05) is 0 Å². The molecule has 0 saturated heterocycles. The lowest BCUT2D eigenvalue weighted by atomic mass is 10.2. The van der Waals surface area contributed by atoms with Crippen molar-refractivity contribution in [2.45, 2.75) is 26.2 Å². The Hall–Kier alpha value is -1.38. The third kappa shape index (κ3) is 7.00. The standard InChI is InChI=1S/C10H14O3/c1-2-3-4-5-6-7-8-9(11)10(12)13/h2-5H,6-8H2,1H3,(H,12,13)/b3-2+,5-4-. The zero-order valence-electron chi connectivity index (χ0n) is 7.69. The summed E-state index contributed by atoms with van der Waals surface area (Å²) in [5, 5.41) is 8.24. The van der Waals surface area contributed by atoms with E-state index in [1.807, 2.05) is 31.2 Å². The van der Waals surface area contributed by atoms with Crippen LogP contribution in [0.5, 0.6) is 0 Å². The molecule has 0 rings (SSSR count). The van der Waals surface area contributed by atoms with Gasteiger partial charge in [-0.1, -0.05) is 24.3 Å². The van der Waals surface area contributed by atoms with Crippen LogP contribution in [-0.2, 0) is 9.59 Å². The molecule has 3 nitrogen and oxygen atoms in total. The second-order valence-electron chi connectivity index (χ2n) is 2.57. The molecule has 1 N–H and O–H groups in total. The third-order valence-electron chi connectivity index (χ3n) is 1.45. The summed E-state index contributed by atoms with van der Waals surface area (Å²) < 4.78 is 0. The lowest BCUT2D eigenvalue weighted by Gasteiger charge is -1.91. The normalized spacial score (nSPS) is 11.2. The molecule has 0 bridgehead atoms. The number of aliphatic carboxylic acids is 1. The van der Waals surface area contributed by atoms with Crippen molar-refractivity contribution in [2.24, 2.45) is 0 Å². The van der Waals surface area contributed by atoms with E-state index in [2.05, 4.69) is 0 Å². The van der Waals surface area contributed by atoms with Gasteiger partial charge in [0.05, 0.1) is 0 Å². The summed E-state index contributed by atoms with van der Waals surface area (Å²) in [6.45, 7) is 1.91. The predicted octanol–water partition coefficient (Wildman–Crippen LogP) is 1.94. The molecule has 0 unspecified atom stereocenters. The Morgan fingerprint density at radius 3 is 2.54 bits per heavy atom. The van der Waals surface area contributed by atoms with E-state index in [0.717, 1.165) is 6.42 Å². The number of carboxylic acids is 1. The highest BCUT2D eigenvalue weighted by Gasteiger charge is 2.08. The van der Waals surface area contributed by atoms with Gasteiger partial charge in [-0.15, -0.1) is 0 Å². The van der Waals surface area contributed by atoms with Crippen molar-refractivity contribution in [3.63, 3.8) is 0 Å². The Labute approximate surface area is 77.8 Å². The van der Waals surface area contributed by atoms with Crippen molar-refractivity contribution in [3.8, 4) is 0 Å². The van der Waals surface area contributed by atoms with Gasteiger partial charge in [0, 0.05) is 6.42 Å². The van der Waals surface area contributed by atoms with Crippen LogP contribution in [-0.4, -0.2) is 16.9 Å². The molecule has 3 heteroatoms. The molecule has 0 fully saturated rings. The van der Waals surface area contributed by atoms with Crippen LogP contribution in [0.4, 0.5) is 0 Å². The van der Waals surface area contributed by atoms with Crippen LogP contribution in [0.15, 0.2) is 24.3 Å². The van der Waals surface area contributed by atoms with Gasteiger partial charge in [-0.3, -0.25) is 4.79 Å². The van der Waals surface area contributed by atoms with Crippen molar-refractivity contribution < 1.29 is 14.7 Å². The van der Waals surface area contributed by atoms with Gasteiger partial charge in [0.15, 0.2) is 0 Å². The molecular weight excluding hydrogens is 168 g/mol. The molecule has 0 radical (unpaired) electrons. The second-order valence-corrected chi connectivity index (χ2v) is 2.57. The number of rotatable bonds is 6. The predicted molar refractivity (Wildman–Crippen MR) is 50.4 cm³/mol. The average Bonchev–Trinajstić information content (AvgIpc) is 2.10. The van der Waals surface area contributed by atoms with Crippen molar-refractivity contribution in [3.05, 3.63) is 24.3 Å². The number of Topliss-reactive ketones (excluding diaryl/α,β-unsaturated/α-hetero) is 1. The largest absolute Gasteiger partial charge is 0.476 e. The summed E-state index contributed by atoms with van der Waals surface area (Å²) in [7, 11) is 0. The zero-order chi connectivity index (χ0) is 10.1. The van der Waals surface area contributed by atoms with E-state index in [4.69, 9.17) is 5.11 Å². The minimum Gasteiger partial charge on any atom is -0.476 e. The number of carboxylic acid groups (broad SMARTS) is 1. The maximum Gasteiger partial charge on any atom is 0.372 e. The van der Waals surface area contributed by atoms with Crippen LogP contribution in [0.2, 0.25) is 0 Å². The van der Waals surface area contributed by atoms with Crippen molar-refractivity contribution >= 4 is 11.8 Å². The molecule has 0 aliphatic heterocycles. The monoisotopic (exact) mass is 182 g/mol. The van der Waals surface area contributed by atoms with Crippen molar-refractivity contribution in [1.82, 2.24) is 0 Å². The Bertz CT molecular complexity index is 226. The van der Waals surface area contributed by atoms with Gasteiger partial charge in [-0.25, -0.2) is 4.79 Å². The Morgan fingerprint density at radius 2 is 2.00 bits per heavy atom. The second kappa shape index (κ2) is 7.28. The first-order valence-corrected chi connectivity index (χ1v) is 4.22. The lowest BCUT2D eigenvalue weighted by molar-refractivity contribution is -0.149. The zero-order valence-corrected chi connectivity index (χ0v) is 7.69. The van der Waals surface area contributed by atoms with E-state index in [1.165, 1.54) is 0 Å². The summed E-state index contributed by atoms with van der Waals surface area (Å²) >= 11 is 0. The number of hydrogen-bond acceptors (Lipinski definition) is 2. The first-order valence-electron chi connectivity index (χ1n) is 4.22. The van der Waals surface area contributed by atoms with Crippen LogP contribution in [0.3, 0.4) is 0 Å². The molecule has 0 aromatic rings. The number of hydrogen-bond donors (Lipinski definition) is 1. The number of carbonyl (C=O) groups excluding carboxylic acids is 1. The maximum absolute atomic E-state index is 10.6. The van der Waals surface area contributed by atoms with E-state index in [-0.39, 0.29) is 6.42 Å². The summed E-state index contributed by atoms with van der Waals surface area (Å²) in [6.07, 6.45) is 9.04. The highest BCUT2D eigenvalue weighted by molar-refractivity contribution is 6.32. The number of carbonyl (C=O) groups is 2. The van der Waals surface area contributed by atoms with E-state index < -0.39 is 11.8 Å². The van der Waals surface area contributed by atoms with E-state index >= 15 is 0 Å². The molecule has 72 valence electrons. The molecule has 0 aliphatic carbocycles. The van der Waals surface area contributed by atoms with Gasteiger partial charge in [-0.2, -0.15) is 0 Å². The first-order chi connectivity index (χ1) is 6.18. The number of ketones is 1. The van der Waals surface area contributed by atoms with E-state index in [0.29, 0.717) is 6.42 Å². The molecule has 0 aromatic carbocycles. The summed E-state index contributed by atoms with van der Waals surface area (Å²) in [5.74, 6) is -2.04. The molecule has 13 heavy (non-hydrogen) atoms. The van der Waals surface area contributed by atoms with Gasteiger partial charge in [0.2, 0.25) is 5.78 Å². The Balaban J connectivity index is 3.46. The minimum atomic E-state index is -1.34. The highest BCUT2D eigenvalue weighted by atomic mass is 16.4. The highest BCUT2D eigenvalue weighted by Crippen LogP contribution is 1.98. The topological polar surface area (TPSA) is 54.4 Å². The molecule has 0 atom stereocenters. The fourth-order valence-corrected chi connectivity index (χ4v) is 0.773. The SMILES string of the molecule is C/C=C/C=C\CCCC(=O)C(=O)O. The van der Waals surface area contributed by atoms with Gasteiger partial charge >= 0.3 is 5.97 Å². The fourth-order valence-electron chi connectivity index (χ4n) is 0.773. The average molecular weight is 182 g/mol. The van der Waals surface area contributed by atoms with Crippen LogP contribution >= 0.6 is 0 Å². The smallest absolute Gasteiger partial charge is 0.372 e. The van der Waals surface area contributed by atoms with Crippen LogP contribution in [0.1, 0.15) is 26.2 Å². The molecule has 0 saturated carbocycles. The van der Waals surface area contributed by atoms with E-state index in [1.54, 1.807) is 0 Å². The molecule has 0 amide bonds. The minimum absolute atomic E-state index is 0.121. The Kier molecular flexibility index (Phi) is 6.51. The van der Waals surface area contributed by atoms with E-state index in [9.17, 15) is 9.59 Å². The summed E-state index contributed by atoms with van der Waals surface area (Å²) in [4.78, 5) is 20.7. The quantitative estimate of drug-likeness (QED) is 0.388. The molecule has 0 spiro atoms. The van der Waals surface area contributed by atoms with Crippen LogP contribution in [0, 0.1) is 0 Å². The lowest BCUT2D eigenvalue weighted by Crippen LogP contribution is -2.11. The molecule has 0 heterocycles. The van der Waals surface area contributed by atoms with Crippen molar-refractivity contribution in [1.29, 1.82) is 0 Å². The van der Waals surface area contributed by atoms with Gasteiger partial charge in [0.25, 0.3) is 0 Å². The van der Waals surface area contributed by atoms with Gasteiger partial charge in [0.1, 0.15) is 0 Å². The molecule has 0 aliphatic rings. The summed E-state index contributed by atoms with van der Waals surface area (Å²) in [6, 6.07) is 0. The number of unbranched alkanes of at least 4 members (excludes halogenated alkanes) is 1. The van der Waals surface area contributed by atoms with Crippen LogP contribution < -0.4 is 0 Å². The first kappa shape index (κ1) is 11.6. The summed E-state index contributed by atoms with van der Waals surface area (Å²) in [5.41, 5.74) is 0. The maximum atomic E-state index is 10.6. The molecular formula is C10H14O3. The van der Waals surface area contributed by atoms with Gasteiger partial charge < -0.3 is 5.11 Å². The van der Waals surface area contributed by atoms with Gasteiger partial charge in [-0.05, 0) is 19.8 Å². The fraction of sp³-hybridized carbons (Fsp3) is 0.400.